The van der Waals surface area contributed by atoms with Gasteiger partial charge in [-0.15, -0.1) is 0 Å². The predicted octanol–water partition coefficient (Wildman–Crippen LogP) is 4.59. The molecule has 0 unspecified atom stereocenters. The minimum atomic E-state index is -0.274. The van der Waals surface area contributed by atoms with E-state index < -0.39 is 0 Å². The maximum Gasteiger partial charge on any atom is 0.225 e. The fraction of sp³-hybridized carbons (Fsp3) is 0.444. The first-order valence-electron chi connectivity index (χ1n) is 8.45. The molecule has 2 aliphatic carbocycles. The van der Waals surface area contributed by atoms with Crippen LogP contribution in [-0.2, 0) is 0 Å². The van der Waals surface area contributed by atoms with Gasteiger partial charge in [-0.05, 0) is 37.8 Å². The number of rotatable bonds is 5. The van der Waals surface area contributed by atoms with Crippen molar-refractivity contribution in [2.75, 3.05) is 10.6 Å². The van der Waals surface area contributed by atoms with Gasteiger partial charge < -0.3 is 10.6 Å². The average Bonchev–Trinajstić information content (AvgIpc) is 3.28. The van der Waals surface area contributed by atoms with E-state index in [1.54, 1.807) is 12.1 Å². The average molecular weight is 312 g/mol. The number of aromatic nitrogens is 2. The SMILES string of the molecule is Fc1ccccc1Nc1cc(C2CC2)nc(NC2CCCC2)n1. The van der Waals surface area contributed by atoms with Gasteiger partial charge in [0.25, 0.3) is 0 Å². The van der Waals surface area contributed by atoms with Crippen LogP contribution in [0.4, 0.5) is 21.8 Å². The van der Waals surface area contributed by atoms with Gasteiger partial charge in [0.15, 0.2) is 0 Å². The minimum Gasteiger partial charge on any atom is -0.351 e. The van der Waals surface area contributed by atoms with E-state index in [2.05, 4.69) is 20.6 Å². The van der Waals surface area contributed by atoms with Crippen molar-refractivity contribution in [2.24, 2.45) is 0 Å². The van der Waals surface area contributed by atoms with Gasteiger partial charge in [0, 0.05) is 18.0 Å². The molecule has 0 bridgehead atoms. The number of benzene rings is 1. The highest BCUT2D eigenvalue weighted by atomic mass is 19.1. The zero-order valence-electron chi connectivity index (χ0n) is 13.1. The summed E-state index contributed by atoms with van der Waals surface area (Å²) < 4.78 is 13.9. The highest BCUT2D eigenvalue weighted by Crippen LogP contribution is 2.40. The number of nitrogens with zero attached hydrogens (tertiary/aromatic N) is 2. The Morgan fingerprint density at radius 1 is 1.00 bits per heavy atom. The number of hydrogen-bond donors (Lipinski definition) is 2. The number of halogens is 1. The second-order valence-corrected chi connectivity index (χ2v) is 6.51. The predicted molar refractivity (Wildman–Crippen MR) is 89.6 cm³/mol. The maximum absolute atomic E-state index is 13.9. The summed E-state index contributed by atoms with van der Waals surface area (Å²) in [6.07, 6.45) is 7.23. The number of nitrogens with one attached hydrogen (secondary N) is 2. The van der Waals surface area contributed by atoms with Crippen LogP contribution in [0, 0.1) is 5.82 Å². The van der Waals surface area contributed by atoms with Gasteiger partial charge in [0.05, 0.1) is 11.4 Å². The van der Waals surface area contributed by atoms with Crippen LogP contribution in [-0.4, -0.2) is 16.0 Å². The molecule has 0 spiro atoms. The van der Waals surface area contributed by atoms with Crippen molar-refractivity contribution in [1.82, 2.24) is 9.97 Å². The second-order valence-electron chi connectivity index (χ2n) is 6.51. The van der Waals surface area contributed by atoms with E-state index in [4.69, 9.17) is 0 Å². The van der Waals surface area contributed by atoms with Crippen molar-refractivity contribution in [3.05, 3.63) is 41.8 Å². The topological polar surface area (TPSA) is 49.8 Å². The molecule has 0 saturated heterocycles. The molecule has 4 rings (SSSR count). The largest absolute Gasteiger partial charge is 0.351 e. The van der Waals surface area contributed by atoms with Crippen molar-refractivity contribution in [1.29, 1.82) is 0 Å². The van der Waals surface area contributed by atoms with Crippen LogP contribution in [0.5, 0.6) is 0 Å². The highest BCUT2D eigenvalue weighted by Gasteiger charge is 2.27. The third-order valence-electron chi connectivity index (χ3n) is 4.57. The zero-order valence-corrected chi connectivity index (χ0v) is 13.1. The Labute approximate surface area is 135 Å². The molecule has 2 saturated carbocycles. The summed E-state index contributed by atoms with van der Waals surface area (Å²) in [5.41, 5.74) is 1.50. The summed E-state index contributed by atoms with van der Waals surface area (Å²) in [6, 6.07) is 9.08. The Balaban J connectivity index is 1.59. The molecule has 1 aromatic carbocycles. The smallest absolute Gasteiger partial charge is 0.225 e. The van der Waals surface area contributed by atoms with Gasteiger partial charge >= 0.3 is 0 Å². The van der Waals surface area contributed by atoms with Gasteiger partial charge in [0.1, 0.15) is 11.6 Å². The van der Waals surface area contributed by atoms with Crippen molar-refractivity contribution >= 4 is 17.5 Å². The summed E-state index contributed by atoms with van der Waals surface area (Å²) in [5, 5.41) is 6.54. The molecule has 120 valence electrons. The molecule has 2 fully saturated rings. The molecular weight excluding hydrogens is 291 g/mol. The standard InChI is InChI=1S/C18H21FN4/c19-14-7-3-4-8-15(14)21-17-11-16(12-9-10-12)22-18(23-17)20-13-5-1-2-6-13/h3-4,7-8,11-13H,1-2,5-6,9-10H2,(H2,20,21,22,23). The summed E-state index contributed by atoms with van der Waals surface area (Å²) in [6.45, 7) is 0. The first-order valence-corrected chi connectivity index (χ1v) is 8.45. The van der Waals surface area contributed by atoms with Crippen molar-refractivity contribution in [3.8, 4) is 0 Å². The lowest BCUT2D eigenvalue weighted by Crippen LogP contribution is -2.17. The van der Waals surface area contributed by atoms with Gasteiger partial charge in [-0.25, -0.2) is 9.37 Å². The normalized spacial score (nSPS) is 18.1. The summed E-state index contributed by atoms with van der Waals surface area (Å²) >= 11 is 0. The fourth-order valence-corrected chi connectivity index (χ4v) is 3.14. The van der Waals surface area contributed by atoms with E-state index in [-0.39, 0.29) is 5.82 Å². The van der Waals surface area contributed by atoms with Crippen LogP contribution in [0.2, 0.25) is 0 Å². The Morgan fingerprint density at radius 3 is 2.52 bits per heavy atom. The fourth-order valence-electron chi connectivity index (χ4n) is 3.14. The van der Waals surface area contributed by atoms with E-state index in [1.165, 1.54) is 44.6 Å². The van der Waals surface area contributed by atoms with Crippen molar-refractivity contribution in [2.45, 2.75) is 50.5 Å². The first-order chi connectivity index (χ1) is 11.3. The van der Waals surface area contributed by atoms with Gasteiger partial charge in [0.2, 0.25) is 5.95 Å². The van der Waals surface area contributed by atoms with Crippen LogP contribution in [0.1, 0.15) is 50.1 Å². The molecule has 1 aromatic heterocycles. The molecule has 23 heavy (non-hydrogen) atoms. The van der Waals surface area contributed by atoms with Gasteiger partial charge in [-0.3, -0.25) is 0 Å². The lowest BCUT2D eigenvalue weighted by Gasteiger charge is -2.15. The molecule has 4 nitrogen and oxygen atoms in total. The second kappa shape index (κ2) is 6.14. The molecule has 0 radical (unpaired) electrons. The third-order valence-corrected chi connectivity index (χ3v) is 4.57. The summed E-state index contributed by atoms with van der Waals surface area (Å²) in [4.78, 5) is 9.21. The van der Waals surface area contributed by atoms with E-state index in [9.17, 15) is 4.39 Å². The molecule has 0 atom stereocenters. The molecule has 0 aliphatic heterocycles. The monoisotopic (exact) mass is 312 g/mol. The lowest BCUT2D eigenvalue weighted by atomic mass is 10.2. The Hall–Kier alpha value is -2.17. The van der Waals surface area contributed by atoms with Gasteiger partial charge in [-0.1, -0.05) is 25.0 Å². The van der Waals surface area contributed by atoms with E-state index >= 15 is 0 Å². The van der Waals surface area contributed by atoms with E-state index in [0.29, 0.717) is 29.4 Å². The van der Waals surface area contributed by atoms with Crippen LogP contribution < -0.4 is 10.6 Å². The molecule has 2 aromatic rings. The Kier molecular flexibility index (Phi) is 3.85. The van der Waals surface area contributed by atoms with Crippen molar-refractivity contribution in [3.63, 3.8) is 0 Å². The molecular formula is C18H21FN4. The number of anilines is 3. The highest BCUT2D eigenvalue weighted by molar-refractivity contribution is 5.58. The lowest BCUT2D eigenvalue weighted by molar-refractivity contribution is 0.632. The zero-order chi connectivity index (χ0) is 15.6. The molecule has 1 heterocycles. The molecule has 2 N–H and O–H groups in total. The summed E-state index contributed by atoms with van der Waals surface area (Å²) in [5.74, 6) is 1.58. The van der Waals surface area contributed by atoms with Crippen LogP contribution in [0.25, 0.3) is 0 Å². The Morgan fingerprint density at radius 2 is 1.78 bits per heavy atom. The first kappa shape index (κ1) is 14.4. The van der Waals surface area contributed by atoms with Crippen LogP contribution >= 0.6 is 0 Å². The van der Waals surface area contributed by atoms with Gasteiger partial charge in [-0.2, -0.15) is 4.98 Å². The third kappa shape index (κ3) is 3.44. The quantitative estimate of drug-likeness (QED) is 0.847. The van der Waals surface area contributed by atoms with E-state index in [0.717, 1.165) is 5.69 Å². The van der Waals surface area contributed by atoms with E-state index in [1.807, 2.05) is 12.1 Å². The Bertz CT molecular complexity index is 693. The number of hydrogen-bond acceptors (Lipinski definition) is 4. The van der Waals surface area contributed by atoms with Crippen molar-refractivity contribution < 1.29 is 4.39 Å². The molecule has 0 amide bonds. The minimum absolute atomic E-state index is 0.274. The molecule has 5 heteroatoms. The van der Waals surface area contributed by atoms with Crippen LogP contribution in [0.15, 0.2) is 30.3 Å². The number of para-hydroxylation sites is 1. The molecule has 2 aliphatic rings. The maximum atomic E-state index is 13.9. The summed E-state index contributed by atoms with van der Waals surface area (Å²) in [7, 11) is 0. The van der Waals surface area contributed by atoms with Crippen LogP contribution in [0.3, 0.4) is 0 Å².